The second-order valence-corrected chi connectivity index (χ2v) is 6.65. The van der Waals surface area contributed by atoms with Gasteiger partial charge in [0.05, 0.1) is 0 Å². The van der Waals surface area contributed by atoms with Gasteiger partial charge in [-0.15, -0.1) is 0 Å². The molecular weight excluding hydrogens is 316 g/mol. The van der Waals surface area contributed by atoms with Gasteiger partial charge in [-0.1, -0.05) is 101 Å². The number of hydrogen-bond acceptors (Lipinski definition) is 1. The predicted molar refractivity (Wildman–Crippen MR) is 120 cm³/mol. The highest BCUT2D eigenvalue weighted by Gasteiger charge is 1.86. The molecule has 0 heterocycles. The van der Waals surface area contributed by atoms with E-state index in [0.29, 0.717) is 12.3 Å². The number of allylic oxidation sites excluding steroid dienone is 10. The molecule has 0 aliphatic carbocycles. The molecule has 0 N–H and O–H groups in total. The lowest BCUT2D eigenvalue weighted by molar-refractivity contribution is -0.108. The summed E-state index contributed by atoms with van der Waals surface area (Å²) in [6.07, 6.45) is 33.2. The second-order valence-electron chi connectivity index (χ2n) is 6.65. The first kappa shape index (κ1) is 26.6. The lowest BCUT2D eigenvalue weighted by Gasteiger charge is -1.89. The van der Waals surface area contributed by atoms with Crippen molar-refractivity contribution in [2.24, 2.45) is 5.92 Å². The fourth-order valence-corrected chi connectivity index (χ4v) is 1.88. The summed E-state index contributed by atoms with van der Waals surface area (Å²) < 4.78 is 0. The molecule has 0 saturated carbocycles. The molecule has 0 amide bonds. The molecule has 0 rings (SSSR count). The van der Waals surface area contributed by atoms with E-state index in [1.165, 1.54) is 19.3 Å². The van der Waals surface area contributed by atoms with Crippen molar-refractivity contribution in [3.8, 4) is 0 Å². The molecule has 0 bridgehead atoms. The molecule has 0 unspecified atom stereocenters. The molecule has 0 aliphatic rings. The van der Waals surface area contributed by atoms with Gasteiger partial charge in [-0.3, -0.25) is 0 Å². The Balaban J connectivity index is 0. The molecule has 26 heavy (non-hydrogen) atoms. The van der Waals surface area contributed by atoms with E-state index in [1.54, 1.807) is 0 Å². The van der Waals surface area contributed by atoms with Crippen LogP contribution in [0.5, 0.6) is 0 Å². The number of rotatable bonds is 14. The van der Waals surface area contributed by atoms with Crippen LogP contribution < -0.4 is 0 Å². The van der Waals surface area contributed by atoms with Gasteiger partial charge in [0.15, 0.2) is 0 Å². The Morgan fingerprint density at radius 1 is 0.654 bits per heavy atom. The van der Waals surface area contributed by atoms with Crippen LogP contribution >= 0.6 is 0 Å². The van der Waals surface area contributed by atoms with E-state index < -0.39 is 0 Å². The van der Waals surface area contributed by atoms with Crippen LogP contribution in [0.1, 0.15) is 85.5 Å². The molecule has 1 nitrogen and oxygen atoms in total. The van der Waals surface area contributed by atoms with Crippen LogP contribution in [0, 0.1) is 5.92 Å². The first-order valence-electron chi connectivity index (χ1n) is 10.4. The van der Waals surface area contributed by atoms with Crippen LogP contribution in [0.2, 0.25) is 0 Å². The van der Waals surface area contributed by atoms with Crippen LogP contribution in [0.4, 0.5) is 0 Å². The number of hydrogen-bond donors (Lipinski definition) is 0. The number of carbonyl (C=O) groups is 1. The van der Waals surface area contributed by atoms with E-state index in [-0.39, 0.29) is 0 Å². The Labute approximate surface area is 163 Å². The van der Waals surface area contributed by atoms with E-state index in [9.17, 15) is 4.79 Å². The van der Waals surface area contributed by atoms with Crippen LogP contribution in [0.25, 0.3) is 0 Å². The van der Waals surface area contributed by atoms with E-state index in [2.05, 4.69) is 74.6 Å². The first-order valence-corrected chi connectivity index (χ1v) is 10.4. The normalized spacial score (nSPS) is 12.2. The topological polar surface area (TPSA) is 17.1 Å². The molecule has 0 fully saturated rings. The highest BCUT2D eigenvalue weighted by molar-refractivity contribution is 5.49. The SMILES string of the molecule is CC(C)CC=O.CC/C=C\C/C=C\C/C=C\C/C=C\C/C=C\CCCC. The summed E-state index contributed by atoms with van der Waals surface area (Å²) in [6, 6.07) is 0. The third-order valence-corrected chi connectivity index (χ3v) is 3.45. The number of carbonyl (C=O) groups excluding carboxylic acids is 1. The zero-order valence-electron chi connectivity index (χ0n) is 17.7. The van der Waals surface area contributed by atoms with Gasteiger partial charge in [-0.05, 0) is 44.4 Å². The molecule has 0 saturated heterocycles. The van der Waals surface area contributed by atoms with Gasteiger partial charge in [0, 0.05) is 6.42 Å². The Morgan fingerprint density at radius 2 is 1.08 bits per heavy atom. The van der Waals surface area contributed by atoms with E-state index in [0.717, 1.165) is 38.4 Å². The fraction of sp³-hybridized carbons (Fsp3) is 0.560. The highest BCUT2D eigenvalue weighted by Crippen LogP contribution is 1.98. The van der Waals surface area contributed by atoms with Gasteiger partial charge >= 0.3 is 0 Å². The van der Waals surface area contributed by atoms with Gasteiger partial charge in [0.2, 0.25) is 0 Å². The fourth-order valence-electron chi connectivity index (χ4n) is 1.88. The van der Waals surface area contributed by atoms with Crippen LogP contribution in [-0.2, 0) is 4.79 Å². The quantitative estimate of drug-likeness (QED) is 0.174. The molecule has 0 aromatic heterocycles. The minimum Gasteiger partial charge on any atom is -0.303 e. The average Bonchev–Trinajstić information content (AvgIpc) is 2.62. The Bertz CT molecular complexity index is 408. The Morgan fingerprint density at radius 3 is 1.38 bits per heavy atom. The standard InChI is InChI=1S/C20H32.C5H10O/c1-3-5-7-9-11-13-15-17-19-20-18-16-14-12-10-8-6-4-2;1-5(2)3-4-6/h5,7,10-13,16-19H,3-4,6,8-9,14-15,20H2,1-2H3;4-5H,3H2,1-2H3/b7-5-,12-10-,13-11-,18-16-,19-17-;. The van der Waals surface area contributed by atoms with Crippen molar-refractivity contribution < 1.29 is 4.79 Å². The van der Waals surface area contributed by atoms with Gasteiger partial charge in [-0.25, -0.2) is 0 Å². The molecule has 0 aromatic carbocycles. The van der Waals surface area contributed by atoms with Crippen molar-refractivity contribution in [2.45, 2.75) is 85.5 Å². The summed E-state index contributed by atoms with van der Waals surface area (Å²) in [7, 11) is 0. The molecule has 0 atom stereocenters. The summed E-state index contributed by atoms with van der Waals surface area (Å²) in [5.41, 5.74) is 0. The summed E-state index contributed by atoms with van der Waals surface area (Å²) in [4.78, 5) is 9.62. The molecule has 0 spiro atoms. The lowest BCUT2D eigenvalue weighted by Crippen LogP contribution is -1.84. The van der Waals surface area contributed by atoms with Crippen molar-refractivity contribution in [2.75, 3.05) is 0 Å². The second kappa shape index (κ2) is 25.6. The zero-order valence-corrected chi connectivity index (χ0v) is 17.7. The highest BCUT2D eigenvalue weighted by atomic mass is 16.1. The number of unbranched alkanes of at least 4 members (excludes halogenated alkanes) is 2. The van der Waals surface area contributed by atoms with Crippen molar-refractivity contribution in [1.82, 2.24) is 0 Å². The van der Waals surface area contributed by atoms with Crippen LogP contribution in [-0.4, -0.2) is 6.29 Å². The van der Waals surface area contributed by atoms with Gasteiger partial charge in [-0.2, -0.15) is 0 Å². The molecule has 1 heteroatoms. The summed E-state index contributed by atoms with van der Waals surface area (Å²) >= 11 is 0. The van der Waals surface area contributed by atoms with Gasteiger partial charge in [0.25, 0.3) is 0 Å². The smallest absolute Gasteiger partial charge is 0.120 e. The Kier molecular flexibility index (Phi) is 26.2. The minimum atomic E-state index is 0.530. The lowest BCUT2D eigenvalue weighted by atomic mass is 10.2. The van der Waals surface area contributed by atoms with Crippen molar-refractivity contribution in [3.05, 3.63) is 60.8 Å². The molecule has 0 aliphatic heterocycles. The molecular formula is C25H42O. The van der Waals surface area contributed by atoms with Crippen LogP contribution in [0.3, 0.4) is 0 Å². The molecule has 148 valence electrons. The summed E-state index contributed by atoms with van der Waals surface area (Å²) in [6.45, 7) is 8.44. The van der Waals surface area contributed by atoms with Gasteiger partial charge in [0.1, 0.15) is 6.29 Å². The summed E-state index contributed by atoms with van der Waals surface area (Å²) in [5, 5.41) is 0. The predicted octanol–water partition coefficient (Wildman–Crippen LogP) is 8.16. The third-order valence-electron chi connectivity index (χ3n) is 3.45. The first-order chi connectivity index (χ1) is 12.7. The largest absolute Gasteiger partial charge is 0.303 e. The van der Waals surface area contributed by atoms with Crippen molar-refractivity contribution in [3.63, 3.8) is 0 Å². The monoisotopic (exact) mass is 358 g/mol. The summed E-state index contributed by atoms with van der Waals surface area (Å²) in [5.74, 6) is 0.530. The van der Waals surface area contributed by atoms with Gasteiger partial charge < -0.3 is 4.79 Å². The maximum absolute atomic E-state index is 9.62. The molecule has 0 aromatic rings. The maximum atomic E-state index is 9.62. The average molecular weight is 359 g/mol. The van der Waals surface area contributed by atoms with E-state index in [4.69, 9.17) is 0 Å². The third kappa shape index (κ3) is 30.3. The Hall–Kier alpha value is -1.63. The minimum absolute atomic E-state index is 0.530. The van der Waals surface area contributed by atoms with E-state index >= 15 is 0 Å². The zero-order chi connectivity index (χ0) is 19.7. The van der Waals surface area contributed by atoms with Crippen molar-refractivity contribution >= 4 is 6.29 Å². The van der Waals surface area contributed by atoms with Crippen LogP contribution in [0.15, 0.2) is 60.8 Å². The molecule has 0 radical (unpaired) electrons. The number of aldehydes is 1. The van der Waals surface area contributed by atoms with E-state index in [1.807, 2.05) is 13.8 Å². The maximum Gasteiger partial charge on any atom is 0.120 e. The van der Waals surface area contributed by atoms with Crippen molar-refractivity contribution in [1.29, 1.82) is 0 Å².